The van der Waals surface area contributed by atoms with Gasteiger partial charge >= 0.3 is 0 Å². The number of anilines is 2. The van der Waals surface area contributed by atoms with Gasteiger partial charge in [0, 0.05) is 11.4 Å². The van der Waals surface area contributed by atoms with E-state index in [4.69, 9.17) is 0 Å². The Hall–Kier alpha value is -4.62. The summed E-state index contributed by atoms with van der Waals surface area (Å²) in [5, 5.41) is 6.14. The van der Waals surface area contributed by atoms with Gasteiger partial charge in [0.15, 0.2) is 0 Å². The molecule has 0 aliphatic carbocycles. The van der Waals surface area contributed by atoms with Crippen LogP contribution in [0.4, 0.5) is 11.4 Å². The Morgan fingerprint density at radius 1 is 0.314 bits per heavy atom. The fourth-order valence-corrected chi connectivity index (χ4v) is 4.66. The van der Waals surface area contributed by atoms with Gasteiger partial charge in [0.2, 0.25) is 0 Å². The van der Waals surface area contributed by atoms with Crippen molar-refractivity contribution >= 4 is 22.1 Å². The van der Waals surface area contributed by atoms with E-state index < -0.39 is 0 Å². The van der Waals surface area contributed by atoms with Crippen molar-refractivity contribution in [2.45, 2.75) is 0 Å². The third-order valence-electron chi connectivity index (χ3n) is 6.42. The lowest BCUT2D eigenvalue weighted by Gasteiger charge is -2.15. The number of hydrogen-bond donors (Lipinski definition) is 1. The van der Waals surface area contributed by atoms with Crippen LogP contribution >= 0.6 is 0 Å². The summed E-state index contributed by atoms with van der Waals surface area (Å²) >= 11 is 0. The first-order valence-corrected chi connectivity index (χ1v) is 11.9. The molecule has 0 saturated heterocycles. The van der Waals surface area contributed by atoms with Crippen LogP contribution in [0.25, 0.3) is 44.2 Å². The smallest absolute Gasteiger partial charge is 0.0390 e. The van der Waals surface area contributed by atoms with Crippen molar-refractivity contribution in [2.24, 2.45) is 0 Å². The summed E-state index contributed by atoms with van der Waals surface area (Å²) in [4.78, 5) is 0. The van der Waals surface area contributed by atoms with E-state index in [0.717, 1.165) is 11.4 Å². The molecule has 0 spiro atoms. The average molecular weight is 448 g/mol. The zero-order valence-electron chi connectivity index (χ0n) is 19.4. The van der Waals surface area contributed by atoms with Crippen LogP contribution in [-0.2, 0) is 0 Å². The highest BCUT2D eigenvalue weighted by Gasteiger charge is 2.10. The Morgan fingerprint density at radius 3 is 1.77 bits per heavy atom. The van der Waals surface area contributed by atoms with E-state index in [1.54, 1.807) is 0 Å². The fraction of sp³-hybridized carbons (Fsp3) is 0. The minimum Gasteiger partial charge on any atom is -0.355 e. The molecule has 1 N–H and O–H groups in total. The molecule has 0 fully saturated rings. The Labute approximate surface area is 206 Å². The topological polar surface area (TPSA) is 12.0 Å². The van der Waals surface area contributed by atoms with E-state index in [-0.39, 0.29) is 0 Å². The highest BCUT2D eigenvalue weighted by molar-refractivity contribution is 5.92. The normalized spacial score (nSPS) is 10.9. The molecule has 0 aromatic heterocycles. The van der Waals surface area contributed by atoms with Crippen LogP contribution < -0.4 is 5.32 Å². The lowest BCUT2D eigenvalue weighted by Crippen LogP contribution is -1.93. The molecule has 1 nitrogen and oxygen atoms in total. The summed E-state index contributed by atoms with van der Waals surface area (Å²) in [5.74, 6) is 0. The second kappa shape index (κ2) is 9.32. The number of nitrogens with one attached hydrogen (secondary N) is 1. The molecule has 1 heteroatoms. The first-order chi connectivity index (χ1) is 17.3. The highest BCUT2D eigenvalue weighted by Crippen LogP contribution is 2.36. The van der Waals surface area contributed by atoms with E-state index in [2.05, 4.69) is 145 Å². The monoisotopic (exact) mass is 447 g/mol. The predicted molar refractivity (Wildman–Crippen MR) is 150 cm³/mol. The van der Waals surface area contributed by atoms with Gasteiger partial charge in [0.25, 0.3) is 0 Å². The maximum absolute atomic E-state index is 3.63. The lowest BCUT2D eigenvalue weighted by atomic mass is 9.92. The molecule has 0 aliphatic rings. The van der Waals surface area contributed by atoms with E-state index >= 15 is 0 Å². The predicted octanol–water partition coefficient (Wildman–Crippen LogP) is 9.58. The van der Waals surface area contributed by atoms with Crippen molar-refractivity contribution in [3.05, 3.63) is 146 Å². The van der Waals surface area contributed by atoms with Crippen LogP contribution in [0.2, 0.25) is 0 Å². The van der Waals surface area contributed by atoms with E-state index in [9.17, 15) is 0 Å². The summed E-state index contributed by atoms with van der Waals surface area (Å²) in [6.07, 6.45) is 0. The molecule has 0 saturated carbocycles. The third kappa shape index (κ3) is 4.45. The second-order valence-corrected chi connectivity index (χ2v) is 8.76. The van der Waals surface area contributed by atoms with E-state index in [1.807, 2.05) is 6.07 Å². The Balaban J connectivity index is 1.40. The number of hydrogen-bond acceptors (Lipinski definition) is 1. The molecular formula is C34H25N. The van der Waals surface area contributed by atoms with Crippen LogP contribution in [-0.4, -0.2) is 0 Å². The molecule has 35 heavy (non-hydrogen) atoms. The minimum absolute atomic E-state index is 1.07. The zero-order chi connectivity index (χ0) is 23.5. The Bertz CT molecular complexity index is 1600. The van der Waals surface area contributed by atoms with Crippen molar-refractivity contribution in [3.63, 3.8) is 0 Å². The summed E-state index contributed by atoms with van der Waals surface area (Å²) < 4.78 is 0. The zero-order valence-corrected chi connectivity index (χ0v) is 19.4. The van der Waals surface area contributed by atoms with Crippen LogP contribution in [0.1, 0.15) is 0 Å². The van der Waals surface area contributed by atoms with Crippen molar-refractivity contribution < 1.29 is 0 Å². The minimum atomic E-state index is 1.07. The maximum Gasteiger partial charge on any atom is 0.0390 e. The Morgan fingerprint density at radius 2 is 0.971 bits per heavy atom. The molecular weight excluding hydrogens is 422 g/mol. The van der Waals surface area contributed by atoms with Gasteiger partial charge in [-0.25, -0.2) is 0 Å². The van der Waals surface area contributed by atoms with Crippen molar-refractivity contribution in [3.8, 4) is 33.4 Å². The van der Waals surface area contributed by atoms with Gasteiger partial charge in [-0.1, -0.05) is 115 Å². The van der Waals surface area contributed by atoms with Gasteiger partial charge in [-0.05, 0) is 74.5 Å². The number of rotatable bonds is 5. The van der Waals surface area contributed by atoms with Crippen LogP contribution in [0.5, 0.6) is 0 Å². The molecule has 0 bridgehead atoms. The largest absolute Gasteiger partial charge is 0.355 e. The van der Waals surface area contributed by atoms with Crippen LogP contribution in [0.3, 0.4) is 0 Å². The maximum atomic E-state index is 3.63. The molecule has 0 atom stereocenters. The fourth-order valence-electron chi connectivity index (χ4n) is 4.66. The molecule has 6 rings (SSSR count). The van der Waals surface area contributed by atoms with Gasteiger partial charge in [-0.15, -0.1) is 0 Å². The van der Waals surface area contributed by atoms with Crippen molar-refractivity contribution in [1.82, 2.24) is 0 Å². The van der Waals surface area contributed by atoms with Gasteiger partial charge in [-0.3, -0.25) is 0 Å². The second-order valence-electron chi connectivity index (χ2n) is 8.76. The molecule has 166 valence electrons. The summed E-state index contributed by atoms with van der Waals surface area (Å²) in [7, 11) is 0. The summed E-state index contributed by atoms with van der Waals surface area (Å²) in [5.41, 5.74) is 9.43. The van der Waals surface area contributed by atoms with Gasteiger partial charge < -0.3 is 5.32 Å². The quantitative estimate of drug-likeness (QED) is 0.277. The molecule has 0 radical (unpaired) electrons. The molecule has 0 amide bonds. The van der Waals surface area contributed by atoms with Gasteiger partial charge in [0.1, 0.15) is 0 Å². The molecule has 0 unspecified atom stereocenters. The Kier molecular flexibility index (Phi) is 5.58. The molecule has 6 aromatic rings. The SMILES string of the molecule is c1ccc(-c2cccc(Nc3ccc(-c4ccc5ccccc5c4)c(-c4ccccc4)c3)c2)cc1. The number of benzene rings is 6. The molecule has 0 aliphatic heterocycles. The van der Waals surface area contributed by atoms with Gasteiger partial charge in [0.05, 0.1) is 0 Å². The first kappa shape index (κ1) is 20.9. The average Bonchev–Trinajstić information content (AvgIpc) is 2.94. The number of fused-ring (bicyclic) bond motifs is 1. The molecule has 0 heterocycles. The lowest BCUT2D eigenvalue weighted by molar-refractivity contribution is 1.52. The highest BCUT2D eigenvalue weighted by atomic mass is 14.9. The van der Waals surface area contributed by atoms with Crippen molar-refractivity contribution in [2.75, 3.05) is 5.32 Å². The third-order valence-corrected chi connectivity index (χ3v) is 6.42. The standard InChI is InChI=1S/C34H25N/c1-3-10-25(11-4-1)29-16-9-17-31(23-29)35-32-20-21-33(34(24-32)27-13-5-2-6-14-27)30-19-18-26-12-7-8-15-28(26)22-30/h1-24,35H. The van der Waals surface area contributed by atoms with Crippen molar-refractivity contribution in [1.29, 1.82) is 0 Å². The van der Waals surface area contributed by atoms with Crippen LogP contribution in [0, 0.1) is 0 Å². The van der Waals surface area contributed by atoms with Gasteiger partial charge in [-0.2, -0.15) is 0 Å². The molecule has 6 aromatic carbocycles. The first-order valence-electron chi connectivity index (χ1n) is 11.9. The summed E-state index contributed by atoms with van der Waals surface area (Å²) in [6.45, 7) is 0. The summed E-state index contributed by atoms with van der Waals surface area (Å²) in [6, 6.07) is 51.6. The van der Waals surface area contributed by atoms with E-state index in [0.29, 0.717) is 0 Å². The van der Waals surface area contributed by atoms with E-state index in [1.165, 1.54) is 44.2 Å². The van der Waals surface area contributed by atoms with Crippen LogP contribution in [0.15, 0.2) is 146 Å².